The zero-order valence-electron chi connectivity index (χ0n) is 16.5. The molecule has 27 heavy (non-hydrogen) atoms. The number of nitrogens with one attached hydrogen (secondary N) is 1. The van der Waals surface area contributed by atoms with Crippen LogP contribution in [-0.4, -0.2) is 35.6 Å². The van der Waals surface area contributed by atoms with Gasteiger partial charge in [0.1, 0.15) is 6.04 Å². The number of carbonyl (C=O) groups excluding carboxylic acids is 2. The van der Waals surface area contributed by atoms with Crippen LogP contribution in [0.5, 0.6) is 0 Å². The van der Waals surface area contributed by atoms with Gasteiger partial charge >= 0.3 is 0 Å². The van der Waals surface area contributed by atoms with E-state index in [0.29, 0.717) is 12.3 Å². The van der Waals surface area contributed by atoms with E-state index < -0.39 is 6.04 Å². The molecule has 5 heteroatoms. The second kappa shape index (κ2) is 10.2. The summed E-state index contributed by atoms with van der Waals surface area (Å²) in [5.74, 6) is 0.949. The van der Waals surface area contributed by atoms with E-state index in [1.54, 1.807) is 30.6 Å². The molecular formula is C22H28N2O2S. The van der Waals surface area contributed by atoms with Gasteiger partial charge in [0.25, 0.3) is 0 Å². The second-order valence-electron chi connectivity index (χ2n) is 6.78. The van der Waals surface area contributed by atoms with Crippen LogP contribution in [0.2, 0.25) is 0 Å². The van der Waals surface area contributed by atoms with Crippen LogP contribution in [0.4, 0.5) is 0 Å². The maximum absolute atomic E-state index is 12.9. The lowest BCUT2D eigenvalue weighted by Crippen LogP contribution is -2.47. The van der Waals surface area contributed by atoms with Crippen LogP contribution in [0.1, 0.15) is 29.2 Å². The van der Waals surface area contributed by atoms with Crippen LogP contribution in [0.3, 0.4) is 0 Å². The minimum atomic E-state index is -0.511. The Labute approximate surface area is 166 Å². The first-order valence-corrected chi connectivity index (χ1v) is 10.3. The SMILES string of the molecule is CNC(=O)[C@@H](C)N(Cc1ccc(C)cc1)C(=O)CSCc1cccc(C)c1. The Balaban J connectivity index is 2.03. The molecule has 2 aromatic rings. The van der Waals surface area contributed by atoms with Crippen molar-refractivity contribution < 1.29 is 9.59 Å². The van der Waals surface area contributed by atoms with Gasteiger partial charge in [0.15, 0.2) is 0 Å². The number of hydrogen-bond donors (Lipinski definition) is 1. The van der Waals surface area contributed by atoms with Crippen LogP contribution in [0.25, 0.3) is 0 Å². The normalized spacial score (nSPS) is 11.7. The summed E-state index contributed by atoms with van der Waals surface area (Å²) in [6, 6.07) is 15.8. The molecule has 0 unspecified atom stereocenters. The van der Waals surface area contributed by atoms with Gasteiger partial charge < -0.3 is 10.2 Å². The molecule has 0 bridgehead atoms. The molecular weight excluding hydrogens is 356 g/mol. The minimum absolute atomic E-state index is 0.0238. The van der Waals surface area contributed by atoms with E-state index in [4.69, 9.17) is 0 Å². The van der Waals surface area contributed by atoms with Gasteiger partial charge in [0, 0.05) is 19.3 Å². The topological polar surface area (TPSA) is 49.4 Å². The molecule has 0 fully saturated rings. The van der Waals surface area contributed by atoms with Crippen LogP contribution in [-0.2, 0) is 21.9 Å². The van der Waals surface area contributed by atoms with Gasteiger partial charge in [-0.3, -0.25) is 9.59 Å². The number of thioether (sulfide) groups is 1. The third-order valence-electron chi connectivity index (χ3n) is 4.46. The fourth-order valence-electron chi connectivity index (χ4n) is 2.82. The highest BCUT2D eigenvalue weighted by atomic mass is 32.2. The van der Waals surface area contributed by atoms with E-state index in [2.05, 4.69) is 30.4 Å². The van der Waals surface area contributed by atoms with Gasteiger partial charge in [0.05, 0.1) is 5.75 Å². The van der Waals surface area contributed by atoms with Crippen molar-refractivity contribution in [3.05, 3.63) is 70.8 Å². The number of hydrogen-bond acceptors (Lipinski definition) is 3. The number of nitrogens with zero attached hydrogens (tertiary/aromatic N) is 1. The van der Waals surface area contributed by atoms with E-state index >= 15 is 0 Å². The highest BCUT2D eigenvalue weighted by Crippen LogP contribution is 2.17. The molecule has 1 atom stereocenters. The Kier molecular flexibility index (Phi) is 7.92. The van der Waals surface area contributed by atoms with Gasteiger partial charge in [-0.2, -0.15) is 0 Å². The molecule has 0 aliphatic heterocycles. The van der Waals surface area contributed by atoms with Crippen molar-refractivity contribution in [2.24, 2.45) is 0 Å². The summed E-state index contributed by atoms with van der Waals surface area (Å²) in [5, 5.41) is 2.64. The zero-order chi connectivity index (χ0) is 19.8. The molecule has 4 nitrogen and oxygen atoms in total. The van der Waals surface area contributed by atoms with Crippen molar-refractivity contribution in [1.29, 1.82) is 0 Å². The van der Waals surface area contributed by atoms with E-state index in [-0.39, 0.29) is 11.8 Å². The van der Waals surface area contributed by atoms with Crippen molar-refractivity contribution in [3.8, 4) is 0 Å². The van der Waals surface area contributed by atoms with Crippen molar-refractivity contribution >= 4 is 23.6 Å². The van der Waals surface area contributed by atoms with Crippen molar-refractivity contribution in [3.63, 3.8) is 0 Å². The van der Waals surface area contributed by atoms with Gasteiger partial charge in [-0.1, -0.05) is 59.7 Å². The highest BCUT2D eigenvalue weighted by Gasteiger charge is 2.25. The quantitative estimate of drug-likeness (QED) is 0.755. The van der Waals surface area contributed by atoms with Crippen molar-refractivity contribution in [1.82, 2.24) is 10.2 Å². The molecule has 1 N–H and O–H groups in total. The molecule has 2 rings (SSSR count). The predicted octanol–water partition coefficient (Wildman–Crippen LogP) is 3.70. The van der Waals surface area contributed by atoms with Gasteiger partial charge in [-0.15, -0.1) is 11.8 Å². The lowest BCUT2D eigenvalue weighted by atomic mass is 10.1. The van der Waals surface area contributed by atoms with Gasteiger partial charge in [0.2, 0.25) is 11.8 Å². The number of aryl methyl sites for hydroxylation is 2. The molecule has 144 valence electrons. The maximum Gasteiger partial charge on any atom is 0.242 e. The molecule has 0 spiro atoms. The molecule has 2 amide bonds. The van der Waals surface area contributed by atoms with Crippen LogP contribution in [0.15, 0.2) is 48.5 Å². The van der Waals surface area contributed by atoms with Crippen LogP contribution >= 0.6 is 11.8 Å². The first kappa shape index (κ1) is 21.0. The summed E-state index contributed by atoms with van der Waals surface area (Å²) in [6.45, 7) is 6.30. The number of rotatable bonds is 8. The summed E-state index contributed by atoms with van der Waals surface area (Å²) >= 11 is 1.58. The third kappa shape index (κ3) is 6.43. The molecule has 0 saturated carbocycles. The summed E-state index contributed by atoms with van der Waals surface area (Å²) in [5.41, 5.74) is 4.61. The molecule has 0 heterocycles. The molecule has 0 aliphatic carbocycles. The molecule has 0 saturated heterocycles. The number of amides is 2. The van der Waals surface area contributed by atoms with E-state index in [1.807, 2.05) is 37.3 Å². The number of likely N-dealkylation sites (N-methyl/N-ethyl adjacent to an activating group) is 1. The Morgan fingerprint density at radius 2 is 1.74 bits per heavy atom. The lowest BCUT2D eigenvalue weighted by Gasteiger charge is -2.28. The Bertz CT molecular complexity index is 774. The standard InChI is InChI=1S/C22H28N2O2S/c1-16-8-10-19(11-9-16)13-24(18(3)22(26)23-4)21(25)15-27-14-20-7-5-6-17(2)12-20/h5-12,18H,13-15H2,1-4H3,(H,23,26)/t18-/m1/s1. The number of carbonyl (C=O) groups is 2. The van der Waals surface area contributed by atoms with Crippen LogP contribution < -0.4 is 5.32 Å². The third-order valence-corrected chi connectivity index (χ3v) is 5.45. The summed E-state index contributed by atoms with van der Waals surface area (Å²) in [6.07, 6.45) is 0. The average molecular weight is 385 g/mol. The fourth-order valence-corrected chi connectivity index (χ4v) is 3.68. The summed E-state index contributed by atoms with van der Waals surface area (Å²) in [7, 11) is 1.60. The van der Waals surface area contributed by atoms with Crippen molar-refractivity contribution in [2.45, 2.75) is 39.1 Å². The predicted molar refractivity (Wildman–Crippen MR) is 113 cm³/mol. The van der Waals surface area contributed by atoms with Gasteiger partial charge in [-0.05, 0) is 31.9 Å². The monoisotopic (exact) mass is 384 g/mol. The molecule has 2 aromatic carbocycles. The average Bonchev–Trinajstić information content (AvgIpc) is 2.66. The summed E-state index contributed by atoms with van der Waals surface area (Å²) in [4.78, 5) is 26.6. The molecule has 0 aromatic heterocycles. The lowest BCUT2D eigenvalue weighted by molar-refractivity contribution is -0.138. The summed E-state index contributed by atoms with van der Waals surface area (Å²) < 4.78 is 0. The Morgan fingerprint density at radius 3 is 2.37 bits per heavy atom. The Morgan fingerprint density at radius 1 is 1.04 bits per heavy atom. The zero-order valence-corrected chi connectivity index (χ0v) is 17.3. The minimum Gasteiger partial charge on any atom is -0.357 e. The largest absolute Gasteiger partial charge is 0.357 e. The fraction of sp³-hybridized carbons (Fsp3) is 0.364. The first-order chi connectivity index (χ1) is 12.9. The van der Waals surface area contributed by atoms with E-state index in [1.165, 1.54) is 16.7 Å². The first-order valence-electron chi connectivity index (χ1n) is 9.10. The van der Waals surface area contributed by atoms with E-state index in [0.717, 1.165) is 11.3 Å². The van der Waals surface area contributed by atoms with E-state index in [9.17, 15) is 9.59 Å². The van der Waals surface area contributed by atoms with Crippen molar-refractivity contribution in [2.75, 3.05) is 12.8 Å². The Hall–Kier alpha value is -2.27. The molecule has 0 radical (unpaired) electrons. The maximum atomic E-state index is 12.9. The second-order valence-corrected chi connectivity index (χ2v) is 7.76. The molecule has 0 aliphatic rings. The highest BCUT2D eigenvalue weighted by molar-refractivity contribution is 7.99. The smallest absolute Gasteiger partial charge is 0.242 e. The van der Waals surface area contributed by atoms with Crippen LogP contribution in [0, 0.1) is 13.8 Å². The number of benzene rings is 2. The van der Waals surface area contributed by atoms with Gasteiger partial charge in [-0.25, -0.2) is 0 Å².